The van der Waals surface area contributed by atoms with E-state index in [-0.39, 0.29) is 41.9 Å². The molecule has 1 fully saturated rings. The van der Waals surface area contributed by atoms with Crippen molar-refractivity contribution in [3.05, 3.63) is 48.0 Å². The highest BCUT2D eigenvalue weighted by molar-refractivity contribution is 14.0. The maximum atomic E-state index is 13.1. The van der Waals surface area contributed by atoms with Crippen LogP contribution < -0.4 is 10.6 Å². The highest BCUT2D eigenvalue weighted by atomic mass is 127. The summed E-state index contributed by atoms with van der Waals surface area (Å²) in [5.74, 6) is 0.475. The summed E-state index contributed by atoms with van der Waals surface area (Å²) in [5.41, 5.74) is 1.76. The molecule has 170 valence electrons. The number of aromatic nitrogens is 2. The maximum absolute atomic E-state index is 13.1. The third-order valence-corrected chi connectivity index (χ3v) is 4.99. The van der Waals surface area contributed by atoms with Crippen molar-refractivity contribution < 1.29 is 13.9 Å². The molecule has 0 atom stereocenters. The fraction of sp³-hybridized carbons (Fsp3) is 0.476. The Bertz CT molecular complexity index is 850. The molecule has 31 heavy (non-hydrogen) atoms. The molecule has 3 rings (SSSR count). The molecule has 1 aliphatic heterocycles. The lowest BCUT2D eigenvalue weighted by molar-refractivity contribution is 0.0963. The highest BCUT2D eigenvalue weighted by Gasteiger charge is 2.24. The standard InChI is InChI=1S/C21H29FN6O2.HI/c1-3-30-21(29)27-13-9-17(10-14-27)25-20(23-2)24-12-8-18-11-15-28(26-18)19-6-4-16(22)5-7-19;/h4-7,11,15,17H,3,8-10,12-14H2,1-2H3,(H2,23,24,25);1H. The van der Waals surface area contributed by atoms with E-state index in [0.29, 0.717) is 26.2 Å². The lowest BCUT2D eigenvalue weighted by Crippen LogP contribution is -2.50. The number of guanidine groups is 1. The van der Waals surface area contributed by atoms with Crippen LogP contribution in [0.3, 0.4) is 0 Å². The smallest absolute Gasteiger partial charge is 0.409 e. The van der Waals surface area contributed by atoms with Crippen molar-refractivity contribution in [2.75, 3.05) is 33.3 Å². The summed E-state index contributed by atoms with van der Waals surface area (Å²) in [4.78, 5) is 17.8. The van der Waals surface area contributed by atoms with Crippen molar-refractivity contribution in [1.29, 1.82) is 0 Å². The van der Waals surface area contributed by atoms with Crippen molar-refractivity contribution >= 4 is 36.0 Å². The van der Waals surface area contributed by atoms with Crippen molar-refractivity contribution in [2.45, 2.75) is 32.2 Å². The van der Waals surface area contributed by atoms with E-state index >= 15 is 0 Å². The Balaban J connectivity index is 0.00000341. The Labute approximate surface area is 199 Å². The van der Waals surface area contributed by atoms with Crippen LogP contribution in [-0.4, -0.2) is 66.1 Å². The number of benzene rings is 1. The molecule has 1 saturated heterocycles. The fourth-order valence-electron chi connectivity index (χ4n) is 3.35. The average molecular weight is 544 g/mol. The van der Waals surface area contributed by atoms with E-state index < -0.39 is 0 Å². The molecule has 0 saturated carbocycles. The molecule has 0 radical (unpaired) electrons. The number of likely N-dealkylation sites (tertiary alicyclic amines) is 1. The van der Waals surface area contributed by atoms with Gasteiger partial charge in [0.1, 0.15) is 5.82 Å². The Morgan fingerprint density at radius 2 is 1.97 bits per heavy atom. The molecule has 1 amide bonds. The van der Waals surface area contributed by atoms with Crippen LogP contribution in [-0.2, 0) is 11.2 Å². The second-order valence-corrected chi connectivity index (χ2v) is 7.08. The minimum Gasteiger partial charge on any atom is -0.450 e. The Morgan fingerprint density at radius 1 is 1.26 bits per heavy atom. The Hall–Kier alpha value is -2.37. The van der Waals surface area contributed by atoms with Crippen LogP contribution in [0.5, 0.6) is 0 Å². The van der Waals surface area contributed by atoms with Gasteiger partial charge in [-0.1, -0.05) is 0 Å². The quantitative estimate of drug-likeness (QED) is 0.332. The van der Waals surface area contributed by atoms with E-state index in [1.54, 1.807) is 28.8 Å². The number of nitrogens with zero attached hydrogens (tertiary/aromatic N) is 4. The Kier molecular flexibility index (Phi) is 10.0. The fourth-order valence-corrected chi connectivity index (χ4v) is 3.35. The van der Waals surface area contributed by atoms with Crippen LogP contribution in [0, 0.1) is 5.82 Å². The molecule has 1 aliphatic rings. The molecule has 8 nitrogen and oxygen atoms in total. The molecule has 0 bridgehead atoms. The van der Waals surface area contributed by atoms with E-state index in [1.807, 2.05) is 19.2 Å². The molecule has 1 aromatic carbocycles. The summed E-state index contributed by atoms with van der Waals surface area (Å²) in [7, 11) is 1.74. The monoisotopic (exact) mass is 544 g/mol. The van der Waals surface area contributed by atoms with Crippen LogP contribution in [0.2, 0.25) is 0 Å². The van der Waals surface area contributed by atoms with E-state index in [0.717, 1.165) is 36.6 Å². The van der Waals surface area contributed by atoms with Gasteiger partial charge >= 0.3 is 6.09 Å². The van der Waals surface area contributed by atoms with E-state index in [2.05, 4.69) is 20.7 Å². The van der Waals surface area contributed by atoms with Gasteiger partial charge in [-0.15, -0.1) is 24.0 Å². The van der Waals surface area contributed by atoms with Gasteiger partial charge in [0.2, 0.25) is 0 Å². The zero-order chi connectivity index (χ0) is 21.3. The largest absolute Gasteiger partial charge is 0.450 e. The van der Waals surface area contributed by atoms with Gasteiger partial charge in [-0.2, -0.15) is 5.10 Å². The number of hydrogen-bond acceptors (Lipinski definition) is 4. The first-order valence-electron chi connectivity index (χ1n) is 10.3. The third kappa shape index (κ3) is 7.37. The summed E-state index contributed by atoms with van der Waals surface area (Å²) in [6.07, 6.45) is 4.06. The minimum atomic E-state index is -0.263. The van der Waals surface area contributed by atoms with Crippen molar-refractivity contribution in [3.8, 4) is 5.69 Å². The molecule has 2 N–H and O–H groups in total. The third-order valence-electron chi connectivity index (χ3n) is 4.99. The molecule has 10 heteroatoms. The van der Waals surface area contributed by atoms with E-state index in [9.17, 15) is 9.18 Å². The lowest BCUT2D eigenvalue weighted by Gasteiger charge is -2.32. The van der Waals surface area contributed by atoms with E-state index in [1.165, 1.54) is 12.1 Å². The van der Waals surface area contributed by atoms with Gasteiger partial charge < -0.3 is 20.3 Å². The molecular formula is C21H30FIN6O2. The summed E-state index contributed by atoms with van der Waals surface area (Å²) in [5, 5.41) is 11.3. The number of aliphatic imine (C=N–C) groups is 1. The first kappa shape index (κ1) is 24.9. The van der Waals surface area contributed by atoms with Gasteiger partial charge in [-0.3, -0.25) is 4.99 Å². The van der Waals surface area contributed by atoms with Crippen LogP contribution in [0.25, 0.3) is 5.69 Å². The summed E-state index contributed by atoms with van der Waals surface area (Å²) >= 11 is 0. The first-order chi connectivity index (χ1) is 14.6. The number of carbonyl (C=O) groups excluding carboxylic acids is 1. The maximum Gasteiger partial charge on any atom is 0.409 e. The van der Waals surface area contributed by atoms with Crippen LogP contribution >= 0.6 is 24.0 Å². The van der Waals surface area contributed by atoms with Gasteiger partial charge in [0.05, 0.1) is 18.0 Å². The zero-order valence-corrected chi connectivity index (χ0v) is 20.2. The molecule has 2 heterocycles. The van der Waals surface area contributed by atoms with Crippen molar-refractivity contribution in [2.24, 2.45) is 4.99 Å². The molecule has 0 unspecified atom stereocenters. The predicted molar refractivity (Wildman–Crippen MR) is 129 cm³/mol. The summed E-state index contributed by atoms with van der Waals surface area (Å²) < 4.78 is 19.8. The second-order valence-electron chi connectivity index (χ2n) is 7.08. The SMILES string of the molecule is CCOC(=O)N1CCC(NC(=NC)NCCc2ccn(-c3ccc(F)cc3)n2)CC1.I. The second kappa shape index (κ2) is 12.5. The number of amides is 1. The zero-order valence-electron chi connectivity index (χ0n) is 17.9. The molecule has 1 aromatic heterocycles. The lowest BCUT2D eigenvalue weighted by atomic mass is 10.1. The van der Waals surface area contributed by atoms with Crippen molar-refractivity contribution in [3.63, 3.8) is 0 Å². The molecule has 0 spiro atoms. The van der Waals surface area contributed by atoms with Gasteiger partial charge in [0.15, 0.2) is 5.96 Å². The van der Waals surface area contributed by atoms with Gasteiger partial charge in [-0.05, 0) is 50.1 Å². The summed E-state index contributed by atoms with van der Waals surface area (Å²) in [6, 6.07) is 8.45. The van der Waals surface area contributed by atoms with Gasteiger partial charge in [0.25, 0.3) is 0 Å². The number of hydrogen-bond donors (Lipinski definition) is 2. The predicted octanol–water partition coefficient (Wildman–Crippen LogP) is 2.96. The summed E-state index contributed by atoms with van der Waals surface area (Å²) in [6.45, 7) is 4.25. The molecule has 0 aliphatic carbocycles. The van der Waals surface area contributed by atoms with Crippen LogP contribution in [0.4, 0.5) is 9.18 Å². The van der Waals surface area contributed by atoms with Crippen LogP contribution in [0.1, 0.15) is 25.5 Å². The Morgan fingerprint density at radius 3 is 2.61 bits per heavy atom. The van der Waals surface area contributed by atoms with Crippen molar-refractivity contribution in [1.82, 2.24) is 25.3 Å². The minimum absolute atomic E-state index is 0. The molecular weight excluding hydrogens is 514 g/mol. The first-order valence-corrected chi connectivity index (χ1v) is 10.3. The topological polar surface area (TPSA) is 83.8 Å². The number of rotatable bonds is 6. The number of piperidine rings is 1. The van der Waals surface area contributed by atoms with Gasteiger partial charge in [0, 0.05) is 45.3 Å². The van der Waals surface area contributed by atoms with Gasteiger partial charge in [-0.25, -0.2) is 13.9 Å². The van der Waals surface area contributed by atoms with E-state index in [4.69, 9.17) is 4.74 Å². The van der Waals surface area contributed by atoms with Crippen LogP contribution in [0.15, 0.2) is 41.5 Å². The number of halogens is 2. The number of nitrogens with one attached hydrogen (secondary N) is 2. The average Bonchev–Trinajstić information content (AvgIpc) is 3.23. The number of carbonyl (C=O) groups is 1. The highest BCUT2D eigenvalue weighted by Crippen LogP contribution is 2.12. The molecule has 2 aromatic rings. The number of ether oxygens (including phenoxy) is 1. The normalized spacial score (nSPS) is 14.7.